The third-order valence-corrected chi connectivity index (χ3v) is 6.35. The Bertz CT molecular complexity index is 1030. The largest absolute Gasteiger partial charge is 0.387 e. The first-order valence-corrected chi connectivity index (χ1v) is 10.1. The molecule has 0 saturated carbocycles. The third kappa shape index (κ3) is 3.31. The molecule has 0 radical (unpaired) electrons. The van der Waals surface area contributed by atoms with E-state index in [9.17, 15) is 14.7 Å². The quantitative estimate of drug-likeness (QED) is 0.753. The first kappa shape index (κ1) is 17.9. The standard InChI is InChI=1S/C21H22N2O3S/c1-22-17(12-14-6-2-3-8-16(14)20(22)25)21(26)23-10-4-7-15(23)13-18(24)19-9-5-11-27-19/h2-3,5-6,8-9,11-12,15,18,24H,4,7,10,13H2,1H3. The van der Waals surface area contributed by atoms with E-state index in [1.54, 1.807) is 19.2 Å². The highest BCUT2D eigenvalue weighted by molar-refractivity contribution is 7.10. The van der Waals surface area contributed by atoms with Gasteiger partial charge in [0.1, 0.15) is 5.69 Å². The lowest BCUT2D eigenvalue weighted by Gasteiger charge is -2.27. The van der Waals surface area contributed by atoms with Crippen LogP contribution in [0.3, 0.4) is 0 Å². The van der Waals surface area contributed by atoms with Crippen LogP contribution in [-0.2, 0) is 7.05 Å². The Kier molecular flexibility index (Phi) is 4.85. The number of carbonyl (C=O) groups excluding carboxylic acids is 1. The summed E-state index contributed by atoms with van der Waals surface area (Å²) >= 11 is 1.53. The molecule has 2 aromatic heterocycles. The summed E-state index contributed by atoms with van der Waals surface area (Å²) in [5.41, 5.74) is 0.238. The van der Waals surface area contributed by atoms with Crippen molar-refractivity contribution < 1.29 is 9.90 Å². The number of fused-ring (bicyclic) bond motifs is 1. The van der Waals surface area contributed by atoms with Crippen LogP contribution in [0.2, 0.25) is 0 Å². The number of nitrogens with zero attached hydrogens (tertiary/aromatic N) is 2. The summed E-state index contributed by atoms with van der Waals surface area (Å²) in [7, 11) is 1.65. The van der Waals surface area contributed by atoms with Crippen LogP contribution in [-0.4, -0.2) is 33.1 Å². The highest BCUT2D eigenvalue weighted by Gasteiger charge is 2.32. The number of benzene rings is 1. The molecule has 0 spiro atoms. The monoisotopic (exact) mass is 382 g/mol. The molecule has 1 amide bonds. The van der Waals surface area contributed by atoms with E-state index in [0.29, 0.717) is 24.0 Å². The van der Waals surface area contributed by atoms with Gasteiger partial charge in [-0.15, -0.1) is 11.3 Å². The fraction of sp³-hybridized carbons (Fsp3) is 0.333. The SMILES string of the molecule is Cn1c(C(=O)N2CCCC2CC(O)c2cccs2)cc2ccccc2c1=O. The topological polar surface area (TPSA) is 62.5 Å². The van der Waals surface area contributed by atoms with Crippen molar-refractivity contribution in [2.75, 3.05) is 6.54 Å². The second kappa shape index (κ2) is 7.29. The maximum atomic E-state index is 13.2. The molecule has 6 heteroatoms. The van der Waals surface area contributed by atoms with Crippen molar-refractivity contribution in [3.8, 4) is 0 Å². The first-order chi connectivity index (χ1) is 13.1. The number of thiophene rings is 1. The van der Waals surface area contributed by atoms with E-state index < -0.39 is 6.10 Å². The van der Waals surface area contributed by atoms with E-state index in [0.717, 1.165) is 23.1 Å². The summed E-state index contributed by atoms with van der Waals surface area (Å²) in [4.78, 5) is 28.6. The van der Waals surface area contributed by atoms with E-state index in [4.69, 9.17) is 0 Å². The zero-order valence-corrected chi connectivity index (χ0v) is 16.0. The lowest BCUT2D eigenvalue weighted by atomic mass is 10.1. The number of aliphatic hydroxyl groups is 1. The lowest BCUT2D eigenvalue weighted by Crippen LogP contribution is -2.39. The zero-order chi connectivity index (χ0) is 19.0. The van der Waals surface area contributed by atoms with Crippen molar-refractivity contribution >= 4 is 28.0 Å². The van der Waals surface area contributed by atoms with Crippen molar-refractivity contribution in [3.63, 3.8) is 0 Å². The van der Waals surface area contributed by atoms with E-state index in [1.165, 1.54) is 15.9 Å². The molecule has 1 fully saturated rings. The summed E-state index contributed by atoms with van der Waals surface area (Å²) in [6, 6.07) is 13.0. The van der Waals surface area contributed by atoms with Gasteiger partial charge in [0.2, 0.25) is 0 Å². The predicted molar refractivity (Wildman–Crippen MR) is 107 cm³/mol. The van der Waals surface area contributed by atoms with Crippen molar-refractivity contribution in [2.45, 2.75) is 31.4 Å². The number of aliphatic hydroxyl groups excluding tert-OH is 1. The Morgan fingerprint density at radius 1 is 1.30 bits per heavy atom. The maximum absolute atomic E-state index is 13.2. The number of pyridine rings is 1. The molecule has 1 saturated heterocycles. The van der Waals surface area contributed by atoms with Crippen LogP contribution in [0.25, 0.3) is 10.8 Å². The highest BCUT2D eigenvalue weighted by atomic mass is 32.1. The molecule has 2 unspecified atom stereocenters. The second-order valence-corrected chi connectivity index (χ2v) is 8.02. The molecule has 3 heterocycles. The molecule has 27 heavy (non-hydrogen) atoms. The van der Waals surface area contributed by atoms with Gasteiger partial charge in [0.15, 0.2) is 0 Å². The van der Waals surface area contributed by atoms with Gasteiger partial charge in [-0.3, -0.25) is 9.59 Å². The van der Waals surface area contributed by atoms with Crippen LogP contribution in [0.5, 0.6) is 0 Å². The molecular weight excluding hydrogens is 360 g/mol. The average Bonchev–Trinajstić information content (AvgIpc) is 3.36. The average molecular weight is 382 g/mol. The highest BCUT2D eigenvalue weighted by Crippen LogP contribution is 2.30. The Morgan fingerprint density at radius 3 is 2.89 bits per heavy atom. The van der Waals surface area contributed by atoms with Crippen LogP contribution >= 0.6 is 11.3 Å². The minimum Gasteiger partial charge on any atom is -0.387 e. The molecule has 5 nitrogen and oxygen atoms in total. The fourth-order valence-electron chi connectivity index (χ4n) is 3.91. The zero-order valence-electron chi connectivity index (χ0n) is 15.2. The van der Waals surface area contributed by atoms with E-state index in [1.807, 2.05) is 40.6 Å². The molecule has 140 valence electrons. The molecule has 1 aromatic carbocycles. The van der Waals surface area contributed by atoms with E-state index in [2.05, 4.69) is 0 Å². The Labute approximate surface area is 161 Å². The van der Waals surface area contributed by atoms with Gasteiger partial charge in [0.05, 0.1) is 6.10 Å². The number of aromatic nitrogens is 1. The van der Waals surface area contributed by atoms with Gasteiger partial charge in [-0.05, 0) is 48.2 Å². The second-order valence-electron chi connectivity index (χ2n) is 7.04. The molecule has 0 aliphatic carbocycles. The Hall–Kier alpha value is -2.44. The van der Waals surface area contributed by atoms with Gasteiger partial charge in [0, 0.05) is 29.9 Å². The van der Waals surface area contributed by atoms with Crippen LogP contribution in [0.4, 0.5) is 0 Å². The molecule has 4 rings (SSSR count). The Morgan fingerprint density at radius 2 is 2.11 bits per heavy atom. The number of hydrogen-bond donors (Lipinski definition) is 1. The van der Waals surface area contributed by atoms with Crippen LogP contribution in [0.1, 0.15) is 40.7 Å². The molecule has 2 atom stereocenters. The Balaban J connectivity index is 1.63. The fourth-order valence-corrected chi connectivity index (χ4v) is 4.63. The maximum Gasteiger partial charge on any atom is 0.270 e. The molecule has 1 N–H and O–H groups in total. The smallest absolute Gasteiger partial charge is 0.270 e. The summed E-state index contributed by atoms with van der Waals surface area (Å²) in [5, 5.41) is 13.8. The molecule has 0 bridgehead atoms. The van der Waals surface area contributed by atoms with Crippen molar-refractivity contribution in [1.29, 1.82) is 0 Å². The number of likely N-dealkylation sites (tertiary alicyclic amines) is 1. The third-order valence-electron chi connectivity index (χ3n) is 5.37. The first-order valence-electron chi connectivity index (χ1n) is 9.17. The molecular formula is C21H22N2O3S. The van der Waals surface area contributed by atoms with Gasteiger partial charge >= 0.3 is 0 Å². The number of hydrogen-bond acceptors (Lipinski definition) is 4. The number of carbonyl (C=O) groups is 1. The van der Waals surface area contributed by atoms with Gasteiger partial charge in [-0.2, -0.15) is 0 Å². The normalized spacial score (nSPS) is 18.1. The van der Waals surface area contributed by atoms with Gasteiger partial charge in [-0.25, -0.2) is 0 Å². The molecule has 1 aliphatic rings. The van der Waals surface area contributed by atoms with Crippen LogP contribution in [0.15, 0.2) is 52.6 Å². The van der Waals surface area contributed by atoms with Crippen molar-refractivity contribution in [1.82, 2.24) is 9.47 Å². The van der Waals surface area contributed by atoms with Gasteiger partial charge in [-0.1, -0.05) is 24.3 Å². The molecule has 1 aliphatic heterocycles. The van der Waals surface area contributed by atoms with E-state index >= 15 is 0 Å². The predicted octanol–water partition coefficient (Wildman–Crippen LogP) is 3.33. The van der Waals surface area contributed by atoms with Crippen molar-refractivity contribution in [2.24, 2.45) is 7.05 Å². The number of amides is 1. The van der Waals surface area contributed by atoms with Crippen LogP contribution in [0, 0.1) is 0 Å². The summed E-state index contributed by atoms with van der Waals surface area (Å²) in [6.45, 7) is 0.654. The number of rotatable bonds is 4. The van der Waals surface area contributed by atoms with Gasteiger partial charge in [0.25, 0.3) is 11.5 Å². The summed E-state index contributed by atoms with van der Waals surface area (Å²) in [5.74, 6) is -0.138. The van der Waals surface area contributed by atoms with Gasteiger partial charge < -0.3 is 14.6 Å². The minimum absolute atomic E-state index is 0.0174. The summed E-state index contributed by atoms with van der Waals surface area (Å²) < 4.78 is 1.44. The van der Waals surface area contributed by atoms with E-state index in [-0.39, 0.29) is 17.5 Å². The van der Waals surface area contributed by atoms with Crippen molar-refractivity contribution in [3.05, 3.63) is 68.8 Å². The minimum atomic E-state index is -0.566. The van der Waals surface area contributed by atoms with Crippen LogP contribution < -0.4 is 5.56 Å². The summed E-state index contributed by atoms with van der Waals surface area (Å²) in [6.07, 6.45) is 1.74. The lowest BCUT2D eigenvalue weighted by molar-refractivity contribution is 0.0660. The molecule has 3 aromatic rings.